The fraction of sp³-hybridized carbons (Fsp3) is 0.579. The quantitative estimate of drug-likeness (QED) is 0.794. The van der Waals surface area contributed by atoms with E-state index in [4.69, 9.17) is 11.6 Å². The van der Waals surface area contributed by atoms with Crippen molar-refractivity contribution in [1.82, 2.24) is 9.24 Å². The average Bonchev–Trinajstić information content (AvgIpc) is 3.47. The van der Waals surface area contributed by atoms with E-state index in [0.717, 1.165) is 32.1 Å². The van der Waals surface area contributed by atoms with Crippen molar-refractivity contribution in [3.05, 3.63) is 38.3 Å². The third kappa shape index (κ3) is 2.74. The molecule has 2 unspecified atom stereocenters. The smallest absolute Gasteiger partial charge is 0.350 e. The minimum Gasteiger partial charge on any atom is -0.353 e. The number of anilines is 1. The Morgan fingerprint density at radius 3 is 2.56 bits per heavy atom. The summed E-state index contributed by atoms with van der Waals surface area (Å²) in [6.07, 6.45) is 4.22. The molecular weight excluding hydrogens is 349 g/mol. The van der Waals surface area contributed by atoms with E-state index in [1.165, 1.54) is 6.07 Å². The van der Waals surface area contributed by atoms with Crippen LogP contribution >= 0.6 is 0 Å². The molecule has 8 heteroatoms. The van der Waals surface area contributed by atoms with Crippen molar-refractivity contribution in [2.45, 2.75) is 58.2 Å². The van der Waals surface area contributed by atoms with Crippen molar-refractivity contribution in [3.8, 4) is 0 Å². The van der Waals surface area contributed by atoms with Gasteiger partial charge in [0.1, 0.15) is 5.82 Å². The Kier molecular flexibility index (Phi) is 4.25. The Hall–Kier alpha value is -2.35. The van der Waals surface area contributed by atoms with Gasteiger partial charge in [-0.1, -0.05) is 13.3 Å². The van der Waals surface area contributed by atoms with Crippen LogP contribution < -0.4 is 27.7 Å². The van der Waals surface area contributed by atoms with Crippen molar-refractivity contribution >= 4 is 16.6 Å². The number of fused-ring (bicyclic) bond motifs is 1. The summed E-state index contributed by atoms with van der Waals surface area (Å²) in [6, 6.07) is 1.22. The number of benzene rings is 1. The molecule has 2 atom stereocenters. The maximum atomic E-state index is 15.2. The van der Waals surface area contributed by atoms with Gasteiger partial charge in [0.2, 0.25) is 0 Å². The van der Waals surface area contributed by atoms with E-state index >= 15 is 4.39 Å². The highest BCUT2D eigenvalue weighted by molar-refractivity contribution is 5.87. The molecule has 146 valence electrons. The SMILES string of the molecule is CCC1CCC(N)N(c2c(F)cc3c(=O)n(N)c(=O)n(C4CC4)c3c2C)C1. The van der Waals surface area contributed by atoms with E-state index in [2.05, 4.69) is 6.92 Å². The van der Waals surface area contributed by atoms with Crippen LogP contribution in [-0.4, -0.2) is 22.0 Å². The Balaban J connectivity index is 2.01. The van der Waals surface area contributed by atoms with Gasteiger partial charge in [-0.25, -0.2) is 9.18 Å². The van der Waals surface area contributed by atoms with Crippen LogP contribution in [0.5, 0.6) is 0 Å². The second-order valence-corrected chi connectivity index (χ2v) is 7.86. The molecule has 1 saturated heterocycles. The first-order chi connectivity index (χ1) is 12.8. The highest BCUT2D eigenvalue weighted by atomic mass is 19.1. The summed E-state index contributed by atoms with van der Waals surface area (Å²) in [6.45, 7) is 4.56. The van der Waals surface area contributed by atoms with Gasteiger partial charge in [0.15, 0.2) is 0 Å². The molecule has 0 radical (unpaired) electrons. The number of hydrogen-bond donors (Lipinski definition) is 2. The molecule has 2 aromatic rings. The summed E-state index contributed by atoms with van der Waals surface area (Å²) in [5, 5.41) is 0.139. The van der Waals surface area contributed by atoms with E-state index < -0.39 is 17.1 Å². The van der Waals surface area contributed by atoms with Gasteiger partial charge in [0.05, 0.1) is 22.8 Å². The van der Waals surface area contributed by atoms with E-state index in [-0.39, 0.29) is 17.6 Å². The normalized spacial score (nSPS) is 23.2. The third-order valence-corrected chi connectivity index (χ3v) is 6.07. The molecule has 0 bridgehead atoms. The maximum absolute atomic E-state index is 15.2. The van der Waals surface area contributed by atoms with Gasteiger partial charge in [0.25, 0.3) is 5.56 Å². The maximum Gasteiger partial charge on any atom is 0.350 e. The first kappa shape index (κ1) is 18.0. The number of nitrogens with two attached hydrogens (primary N) is 2. The lowest BCUT2D eigenvalue weighted by Gasteiger charge is -2.40. The van der Waals surface area contributed by atoms with E-state index in [9.17, 15) is 9.59 Å². The van der Waals surface area contributed by atoms with Crippen molar-refractivity contribution in [3.63, 3.8) is 0 Å². The second-order valence-electron chi connectivity index (χ2n) is 7.86. The molecule has 2 aliphatic rings. The zero-order valence-corrected chi connectivity index (χ0v) is 15.7. The van der Waals surface area contributed by atoms with Gasteiger partial charge in [0, 0.05) is 18.2 Å². The van der Waals surface area contributed by atoms with Crippen LogP contribution in [0, 0.1) is 18.7 Å². The lowest BCUT2D eigenvalue weighted by Crippen LogP contribution is -2.49. The van der Waals surface area contributed by atoms with Crippen LogP contribution in [0.4, 0.5) is 10.1 Å². The Morgan fingerprint density at radius 1 is 1.22 bits per heavy atom. The molecule has 0 amide bonds. The first-order valence-electron chi connectivity index (χ1n) is 9.62. The van der Waals surface area contributed by atoms with Crippen LogP contribution in [-0.2, 0) is 0 Å². The van der Waals surface area contributed by atoms with Gasteiger partial charge in [-0.3, -0.25) is 9.36 Å². The molecule has 4 rings (SSSR count). The Labute approximate surface area is 156 Å². The van der Waals surface area contributed by atoms with E-state index in [1.54, 1.807) is 11.5 Å². The highest BCUT2D eigenvalue weighted by Crippen LogP contribution is 2.39. The van der Waals surface area contributed by atoms with Crippen LogP contribution in [0.3, 0.4) is 0 Å². The van der Waals surface area contributed by atoms with Crippen molar-refractivity contribution in [1.29, 1.82) is 0 Å². The molecule has 4 N–H and O–H groups in total. The van der Waals surface area contributed by atoms with Gasteiger partial charge in [-0.2, -0.15) is 4.68 Å². The summed E-state index contributed by atoms with van der Waals surface area (Å²) in [5.41, 5.74) is 6.55. The number of piperidine rings is 1. The molecule has 0 spiro atoms. The number of aryl methyl sites for hydroxylation is 1. The van der Waals surface area contributed by atoms with Gasteiger partial charge >= 0.3 is 5.69 Å². The van der Waals surface area contributed by atoms with Crippen molar-refractivity contribution in [2.24, 2.45) is 11.7 Å². The predicted octanol–water partition coefficient (Wildman–Crippen LogP) is 1.57. The molecule has 1 aliphatic heterocycles. The number of aromatic nitrogens is 2. The molecule has 1 aromatic heterocycles. The molecule has 1 aromatic carbocycles. The summed E-state index contributed by atoms with van der Waals surface area (Å²) >= 11 is 0. The Morgan fingerprint density at radius 2 is 1.93 bits per heavy atom. The molecule has 1 saturated carbocycles. The van der Waals surface area contributed by atoms with Crippen LogP contribution in [0.1, 0.15) is 50.6 Å². The first-order valence-corrected chi connectivity index (χ1v) is 9.62. The number of rotatable bonds is 3. The fourth-order valence-electron chi connectivity index (χ4n) is 4.34. The lowest BCUT2D eigenvalue weighted by atomic mass is 9.92. The zero-order valence-electron chi connectivity index (χ0n) is 15.7. The van der Waals surface area contributed by atoms with Crippen LogP contribution in [0.2, 0.25) is 0 Å². The average molecular weight is 375 g/mol. The fourth-order valence-corrected chi connectivity index (χ4v) is 4.34. The van der Waals surface area contributed by atoms with Crippen LogP contribution in [0.25, 0.3) is 10.9 Å². The minimum atomic E-state index is -0.671. The zero-order chi connectivity index (χ0) is 19.5. The van der Waals surface area contributed by atoms with Gasteiger partial charge in [-0.05, 0) is 44.6 Å². The summed E-state index contributed by atoms with van der Waals surface area (Å²) in [4.78, 5) is 27.1. The molecule has 1 aliphatic carbocycles. The lowest BCUT2D eigenvalue weighted by molar-refractivity contribution is 0.349. The molecular formula is C19H26FN5O2. The van der Waals surface area contributed by atoms with Crippen molar-refractivity contribution in [2.75, 3.05) is 17.3 Å². The van der Waals surface area contributed by atoms with Crippen molar-refractivity contribution < 1.29 is 4.39 Å². The number of hydrogen-bond acceptors (Lipinski definition) is 5. The highest BCUT2D eigenvalue weighted by Gasteiger charge is 2.33. The van der Waals surface area contributed by atoms with E-state index in [1.807, 2.05) is 4.90 Å². The number of halogens is 1. The molecule has 27 heavy (non-hydrogen) atoms. The predicted molar refractivity (Wildman–Crippen MR) is 104 cm³/mol. The minimum absolute atomic E-state index is 0.00540. The summed E-state index contributed by atoms with van der Waals surface area (Å²) in [5.74, 6) is 5.62. The topological polar surface area (TPSA) is 99.3 Å². The van der Waals surface area contributed by atoms with Crippen LogP contribution in [0.15, 0.2) is 15.7 Å². The molecule has 7 nitrogen and oxygen atoms in total. The number of nitrogens with zero attached hydrogens (tertiary/aromatic N) is 3. The molecule has 2 heterocycles. The van der Waals surface area contributed by atoms with Gasteiger partial charge < -0.3 is 16.5 Å². The summed E-state index contributed by atoms with van der Waals surface area (Å²) < 4.78 is 17.3. The monoisotopic (exact) mass is 375 g/mol. The second kappa shape index (κ2) is 6.37. The Bertz CT molecular complexity index is 1020. The molecule has 2 fully saturated rings. The van der Waals surface area contributed by atoms with E-state index in [0.29, 0.717) is 33.9 Å². The number of nitrogen functional groups attached to an aromatic ring is 1. The standard InChI is InChI=1S/C19H26FN5O2/c1-3-11-4-7-15(21)23(9-11)17-10(2)16-13(8-14(17)20)18(26)25(22)19(27)24(16)12-5-6-12/h8,11-12,15H,3-7,9,21-22H2,1-2H3. The summed E-state index contributed by atoms with van der Waals surface area (Å²) in [7, 11) is 0. The van der Waals surface area contributed by atoms with Gasteiger partial charge in [-0.15, -0.1) is 0 Å². The third-order valence-electron chi connectivity index (χ3n) is 6.07. The largest absolute Gasteiger partial charge is 0.353 e.